The number of carboxylic acids is 1. The summed E-state index contributed by atoms with van der Waals surface area (Å²) < 4.78 is 30.2. The molecule has 1 saturated heterocycles. The van der Waals surface area contributed by atoms with Crippen LogP contribution in [0.25, 0.3) is 44.1 Å². The minimum absolute atomic E-state index is 0.0757. The van der Waals surface area contributed by atoms with E-state index in [0.29, 0.717) is 52.1 Å². The third-order valence-electron chi connectivity index (χ3n) is 7.52. The van der Waals surface area contributed by atoms with Crippen molar-refractivity contribution in [1.82, 2.24) is 24.8 Å². The van der Waals surface area contributed by atoms with Gasteiger partial charge in [0.15, 0.2) is 11.6 Å². The maximum Gasteiger partial charge on any atom is 0.341 e. The van der Waals surface area contributed by atoms with Gasteiger partial charge in [0, 0.05) is 62.0 Å². The van der Waals surface area contributed by atoms with Crippen molar-refractivity contribution in [3.05, 3.63) is 58.1 Å². The molecule has 200 valence electrons. The summed E-state index contributed by atoms with van der Waals surface area (Å²) in [5, 5.41) is 12.9. The SMILES string of the molecule is CNc1cc(F)c(F)c2c1[nH]c1ncc(-c3cnc4[nH]cc(C(=O)O)c(=O)c4c3)c(N3CC[C@@H](N(C)C)C3)c12. The Bertz CT molecular complexity index is 1860. The number of halogens is 2. The Hall–Kier alpha value is -4.58. The van der Waals surface area contributed by atoms with Crippen LogP contribution in [0.4, 0.5) is 20.2 Å². The van der Waals surface area contributed by atoms with Gasteiger partial charge in [0.25, 0.3) is 0 Å². The van der Waals surface area contributed by atoms with Crippen LogP contribution in [0.15, 0.2) is 35.5 Å². The van der Waals surface area contributed by atoms with Crippen LogP contribution in [0, 0.1) is 11.6 Å². The number of hydrogen-bond acceptors (Lipinski definition) is 7. The first-order chi connectivity index (χ1) is 18.7. The molecule has 1 fully saturated rings. The summed E-state index contributed by atoms with van der Waals surface area (Å²) in [5.74, 6) is -3.33. The summed E-state index contributed by atoms with van der Waals surface area (Å²) in [6, 6.07) is 2.89. The minimum Gasteiger partial charge on any atom is -0.477 e. The van der Waals surface area contributed by atoms with Crippen molar-refractivity contribution in [3.8, 4) is 11.1 Å². The summed E-state index contributed by atoms with van der Waals surface area (Å²) in [5.41, 5.74) is 2.01. The highest BCUT2D eigenvalue weighted by atomic mass is 19.2. The molecule has 39 heavy (non-hydrogen) atoms. The van der Waals surface area contributed by atoms with Crippen LogP contribution in [-0.4, -0.2) is 76.2 Å². The Morgan fingerprint density at radius 2 is 1.95 bits per heavy atom. The molecule has 0 bridgehead atoms. The van der Waals surface area contributed by atoms with Crippen LogP contribution in [0.5, 0.6) is 0 Å². The lowest BCUT2D eigenvalue weighted by Gasteiger charge is -2.25. The van der Waals surface area contributed by atoms with Crippen molar-refractivity contribution in [2.45, 2.75) is 12.5 Å². The van der Waals surface area contributed by atoms with E-state index in [2.05, 4.69) is 35.1 Å². The first-order valence-electron chi connectivity index (χ1n) is 12.4. The number of aromatic nitrogens is 4. The van der Waals surface area contributed by atoms with E-state index >= 15 is 4.39 Å². The number of H-pyrrole nitrogens is 2. The van der Waals surface area contributed by atoms with Gasteiger partial charge in [-0.1, -0.05) is 0 Å². The minimum atomic E-state index is -1.35. The Kier molecular flexibility index (Phi) is 5.72. The van der Waals surface area contributed by atoms with E-state index in [1.54, 1.807) is 25.5 Å². The van der Waals surface area contributed by atoms with Gasteiger partial charge >= 0.3 is 5.97 Å². The summed E-state index contributed by atoms with van der Waals surface area (Å²) >= 11 is 0. The summed E-state index contributed by atoms with van der Waals surface area (Å²) in [6.07, 6.45) is 5.14. The Balaban J connectivity index is 1.69. The average molecular weight is 534 g/mol. The highest BCUT2D eigenvalue weighted by Gasteiger charge is 2.30. The number of fused-ring (bicyclic) bond motifs is 4. The largest absolute Gasteiger partial charge is 0.477 e. The zero-order valence-electron chi connectivity index (χ0n) is 21.4. The number of nitrogens with one attached hydrogen (secondary N) is 3. The molecule has 6 rings (SSSR count). The van der Waals surface area contributed by atoms with E-state index < -0.39 is 28.6 Å². The summed E-state index contributed by atoms with van der Waals surface area (Å²) in [4.78, 5) is 43.6. The molecule has 4 N–H and O–H groups in total. The smallest absolute Gasteiger partial charge is 0.341 e. The van der Waals surface area contributed by atoms with Gasteiger partial charge in [0.05, 0.1) is 33.1 Å². The van der Waals surface area contributed by atoms with Gasteiger partial charge in [0.2, 0.25) is 5.43 Å². The number of anilines is 2. The molecule has 0 amide bonds. The van der Waals surface area contributed by atoms with E-state index in [-0.39, 0.29) is 22.5 Å². The van der Waals surface area contributed by atoms with Crippen molar-refractivity contribution in [2.75, 3.05) is 44.4 Å². The Labute approximate surface area is 220 Å². The fourth-order valence-electron chi connectivity index (χ4n) is 5.46. The number of aromatic carboxylic acids is 1. The Morgan fingerprint density at radius 1 is 1.18 bits per heavy atom. The van der Waals surface area contributed by atoms with Crippen LogP contribution in [0.1, 0.15) is 16.8 Å². The van der Waals surface area contributed by atoms with Crippen molar-refractivity contribution in [1.29, 1.82) is 0 Å². The van der Waals surface area contributed by atoms with E-state index in [4.69, 9.17) is 0 Å². The summed E-state index contributed by atoms with van der Waals surface area (Å²) in [7, 11) is 5.62. The second kappa shape index (κ2) is 9.02. The van der Waals surface area contributed by atoms with Crippen LogP contribution in [-0.2, 0) is 0 Å². The molecule has 0 unspecified atom stereocenters. The molecule has 1 aromatic carbocycles. The lowest BCUT2D eigenvalue weighted by molar-refractivity contribution is 0.0695. The van der Waals surface area contributed by atoms with E-state index in [0.717, 1.165) is 18.7 Å². The topological polar surface area (TPSA) is 130 Å². The Morgan fingerprint density at radius 3 is 2.64 bits per heavy atom. The van der Waals surface area contributed by atoms with Gasteiger partial charge in [-0.25, -0.2) is 23.5 Å². The molecule has 0 saturated carbocycles. The highest BCUT2D eigenvalue weighted by molar-refractivity contribution is 6.18. The molecule has 10 nitrogen and oxygen atoms in total. The molecule has 4 aromatic heterocycles. The van der Waals surface area contributed by atoms with Crippen LogP contribution in [0.2, 0.25) is 0 Å². The quantitative estimate of drug-likeness (QED) is 0.269. The number of carbonyl (C=O) groups is 1. The molecule has 12 heteroatoms. The van der Waals surface area contributed by atoms with Gasteiger partial charge in [-0.2, -0.15) is 0 Å². The molecule has 0 aliphatic carbocycles. The standard InChI is InChI=1S/C27H25F2N7O3/c1-30-18-7-17(28)21(29)19-20-23(36-5-4-13(11-36)35(2)3)15(9-33-26(20)34-22(18)19)12-6-14-24(37)16(27(38)39)10-32-25(14)31-8-12/h6-10,13,30H,4-5,11H2,1-3H3,(H,33,34)(H,38,39)(H,31,32,37)/t13-/m1/s1. The normalized spacial score (nSPS) is 15.7. The maximum atomic E-state index is 15.5. The number of nitrogens with zero attached hydrogens (tertiary/aromatic N) is 4. The van der Waals surface area contributed by atoms with Gasteiger partial charge in [0.1, 0.15) is 16.9 Å². The monoisotopic (exact) mass is 533 g/mol. The van der Waals surface area contributed by atoms with Crippen molar-refractivity contribution < 1.29 is 18.7 Å². The first kappa shape index (κ1) is 24.7. The van der Waals surface area contributed by atoms with Crippen molar-refractivity contribution in [3.63, 3.8) is 0 Å². The molecule has 1 aliphatic rings. The predicted molar refractivity (Wildman–Crippen MR) is 146 cm³/mol. The fraction of sp³-hybridized carbons (Fsp3) is 0.259. The van der Waals surface area contributed by atoms with Crippen molar-refractivity contribution >= 4 is 50.3 Å². The molecule has 5 heterocycles. The van der Waals surface area contributed by atoms with Gasteiger partial charge < -0.3 is 30.2 Å². The van der Waals surface area contributed by atoms with E-state index in [1.165, 1.54) is 0 Å². The number of aromatic amines is 2. The molecule has 1 aliphatic heterocycles. The van der Waals surface area contributed by atoms with E-state index in [9.17, 15) is 19.1 Å². The van der Waals surface area contributed by atoms with Crippen LogP contribution < -0.4 is 15.6 Å². The number of benzene rings is 1. The molecule has 1 atom stereocenters. The number of rotatable bonds is 5. The third kappa shape index (κ3) is 3.78. The number of likely N-dealkylation sites (N-methyl/N-ethyl adjacent to an activating group) is 1. The number of carboxylic acid groups (broad SMARTS) is 1. The molecular weight excluding hydrogens is 508 g/mol. The summed E-state index contributed by atoms with van der Waals surface area (Å²) in [6.45, 7) is 1.29. The van der Waals surface area contributed by atoms with Crippen LogP contribution >= 0.6 is 0 Å². The zero-order valence-corrected chi connectivity index (χ0v) is 21.4. The van der Waals surface area contributed by atoms with Gasteiger partial charge in [-0.3, -0.25) is 4.79 Å². The van der Waals surface area contributed by atoms with E-state index in [1.807, 2.05) is 14.1 Å². The molecule has 0 radical (unpaired) electrons. The predicted octanol–water partition coefficient (Wildman–Crippen LogP) is 3.78. The second-order valence-corrected chi connectivity index (χ2v) is 9.90. The molecule has 5 aromatic rings. The lowest BCUT2D eigenvalue weighted by atomic mass is 10.0. The van der Waals surface area contributed by atoms with Gasteiger partial charge in [-0.05, 0) is 26.6 Å². The average Bonchev–Trinajstić information content (AvgIpc) is 3.56. The third-order valence-corrected chi connectivity index (χ3v) is 7.52. The van der Waals surface area contributed by atoms with Gasteiger partial charge in [-0.15, -0.1) is 0 Å². The zero-order chi connectivity index (χ0) is 27.6. The van der Waals surface area contributed by atoms with Crippen molar-refractivity contribution in [2.24, 2.45) is 0 Å². The first-order valence-corrected chi connectivity index (χ1v) is 12.4. The fourth-order valence-corrected chi connectivity index (χ4v) is 5.46. The number of pyridine rings is 3. The number of hydrogen-bond donors (Lipinski definition) is 4. The second-order valence-electron chi connectivity index (χ2n) is 9.90. The highest BCUT2D eigenvalue weighted by Crippen LogP contribution is 2.44. The lowest BCUT2D eigenvalue weighted by Crippen LogP contribution is -2.31. The molecular formula is C27H25F2N7O3. The maximum absolute atomic E-state index is 15.5. The van der Waals surface area contributed by atoms with Crippen LogP contribution in [0.3, 0.4) is 0 Å². The molecule has 0 spiro atoms.